The highest BCUT2D eigenvalue weighted by Crippen LogP contribution is 2.47. The number of allylic oxidation sites excluding steroid dienone is 2. The Morgan fingerprint density at radius 1 is 1.23 bits per heavy atom. The van der Waals surface area contributed by atoms with E-state index in [0.29, 0.717) is 5.75 Å². The van der Waals surface area contributed by atoms with Gasteiger partial charge in [-0.2, -0.15) is 0 Å². The van der Waals surface area contributed by atoms with Crippen molar-refractivity contribution >= 4 is 22.7 Å². The third kappa shape index (κ3) is 4.12. The Morgan fingerprint density at radius 3 is 2.35 bits per heavy atom. The van der Waals surface area contributed by atoms with Gasteiger partial charge in [0.1, 0.15) is 0 Å². The first-order valence-corrected chi connectivity index (χ1v) is 9.62. The zero-order valence-electron chi connectivity index (χ0n) is 15.3. The highest BCUT2D eigenvalue weighted by molar-refractivity contribution is 7.85. The normalized spacial score (nSPS) is 20.1. The minimum absolute atomic E-state index is 0.164. The van der Waals surface area contributed by atoms with Gasteiger partial charge in [-0.3, -0.25) is 13.8 Å². The molecule has 1 aliphatic rings. The maximum atomic E-state index is 12.3. The minimum Gasteiger partial charge on any atom is -0.468 e. The molecule has 26 heavy (non-hydrogen) atoms. The van der Waals surface area contributed by atoms with Gasteiger partial charge in [-0.1, -0.05) is 42.0 Å². The predicted molar refractivity (Wildman–Crippen MR) is 99.9 cm³/mol. The fourth-order valence-corrected chi connectivity index (χ4v) is 4.11. The largest absolute Gasteiger partial charge is 0.468 e. The molecule has 0 N–H and O–H groups in total. The second kappa shape index (κ2) is 8.45. The van der Waals surface area contributed by atoms with E-state index in [1.165, 1.54) is 14.2 Å². The van der Waals surface area contributed by atoms with Crippen molar-refractivity contribution in [1.82, 2.24) is 0 Å². The molecule has 0 amide bonds. The molecule has 2 unspecified atom stereocenters. The van der Waals surface area contributed by atoms with E-state index >= 15 is 0 Å². The van der Waals surface area contributed by atoms with Gasteiger partial charge in [0, 0.05) is 10.6 Å². The van der Waals surface area contributed by atoms with Crippen LogP contribution < -0.4 is 0 Å². The predicted octanol–water partition coefficient (Wildman–Crippen LogP) is 2.96. The van der Waals surface area contributed by atoms with Crippen LogP contribution in [0.25, 0.3) is 0 Å². The minimum atomic E-state index is -1.34. The van der Waals surface area contributed by atoms with Crippen LogP contribution in [0.3, 0.4) is 0 Å². The van der Waals surface area contributed by atoms with Crippen LogP contribution in [0.1, 0.15) is 18.4 Å². The van der Waals surface area contributed by atoms with E-state index in [2.05, 4.69) is 6.58 Å². The molecule has 0 heterocycles. The van der Waals surface area contributed by atoms with Crippen LogP contribution in [0, 0.1) is 18.3 Å². The number of esters is 2. The van der Waals surface area contributed by atoms with Gasteiger partial charge in [0.15, 0.2) is 5.41 Å². The molecular formula is C20H24O5S. The smallest absolute Gasteiger partial charge is 0.323 e. The molecule has 1 saturated carbocycles. The number of carbonyl (C=O) groups is 2. The summed E-state index contributed by atoms with van der Waals surface area (Å²) in [4.78, 5) is 25.1. The second-order valence-corrected chi connectivity index (χ2v) is 7.96. The first-order valence-electron chi connectivity index (χ1n) is 8.30. The van der Waals surface area contributed by atoms with E-state index in [1.807, 2.05) is 43.3 Å². The molecule has 140 valence electrons. The number of hydrogen-bond donors (Lipinski definition) is 0. The van der Waals surface area contributed by atoms with Crippen LogP contribution in [0.2, 0.25) is 0 Å². The van der Waals surface area contributed by atoms with Gasteiger partial charge in [-0.25, -0.2) is 0 Å². The molecule has 1 fully saturated rings. The van der Waals surface area contributed by atoms with Crippen molar-refractivity contribution in [1.29, 1.82) is 0 Å². The molecular weight excluding hydrogens is 352 g/mol. The lowest BCUT2D eigenvalue weighted by molar-refractivity contribution is -0.168. The van der Waals surface area contributed by atoms with Crippen molar-refractivity contribution in [3.63, 3.8) is 0 Å². The number of methoxy groups -OCH3 is 2. The number of ether oxygens (including phenoxy) is 2. The molecule has 0 aromatic heterocycles. The van der Waals surface area contributed by atoms with E-state index in [9.17, 15) is 13.8 Å². The molecule has 1 aliphatic carbocycles. The fraction of sp³-hybridized carbons (Fsp3) is 0.400. The second-order valence-electron chi connectivity index (χ2n) is 6.46. The van der Waals surface area contributed by atoms with Gasteiger partial charge in [0.05, 0.1) is 25.0 Å². The van der Waals surface area contributed by atoms with Crippen molar-refractivity contribution in [3.05, 3.63) is 54.1 Å². The SMILES string of the molecule is C=C1CC(C(=O)OC)(C(=O)OC)CC1/C=C/CS(=O)c1ccc(C)cc1. The molecule has 0 bridgehead atoms. The molecule has 2 rings (SSSR count). The lowest BCUT2D eigenvalue weighted by Gasteiger charge is -2.22. The van der Waals surface area contributed by atoms with Crippen molar-refractivity contribution in [2.45, 2.75) is 24.7 Å². The van der Waals surface area contributed by atoms with E-state index in [0.717, 1.165) is 16.0 Å². The van der Waals surface area contributed by atoms with E-state index in [1.54, 1.807) is 0 Å². The first kappa shape index (κ1) is 20.1. The van der Waals surface area contributed by atoms with Gasteiger partial charge in [-0.15, -0.1) is 0 Å². The van der Waals surface area contributed by atoms with E-state index in [4.69, 9.17) is 9.47 Å². The summed E-state index contributed by atoms with van der Waals surface area (Å²) in [5.41, 5.74) is 0.537. The van der Waals surface area contributed by atoms with Crippen molar-refractivity contribution in [2.75, 3.05) is 20.0 Å². The van der Waals surface area contributed by atoms with Crippen LogP contribution >= 0.6 is 0 Å². The Kier molecular flexibility index (Phi) is 6.53. The third-order valence-corrected chi connectivity index (χ3v) is 5.97. The number of aryl methyl sites for hydroxylation is 1. The monoisotopic (exact) mass is 376 g/mol. The number of carbonyl (C=O) groups excluding carboxylic acids is 2. The van der Waals surface area contributed by atoms with Gasteiger partial charge < -0.3 is 9.47 Å². The van der Waals surface area contributed by atoms with Crippen LogP contribution in [0.5, 0.6) is 0 Å². The Labute approximate surface area is 156 Å². The Bertz CT molecular complexity index is 732. The van der Waals surface area contributed by atoms with Crippen molar-refractivity contribution in [2.24, 2.45) is 11.3 Å². The summed E-state index contributed by atoms with van der Waals surface area (Å²) in [6.45, 7) is 5.97. The van der Waals surface area contributed by atoms with Gasteiger partial charge in [0.25, 0.3) is 0 Å². The molecule has 0 saturated heterocycles. The number of rotatable bonds is 6. The average Bonchev–Trinajstić information content (AvgIpc) is 2.98. The fourth-order valence-electron chi connectivity index (χ4n) is 3.19. The first-order chi connectivity index (χ1) is 12.3. The summed E-state index contributed by atoms with van der Waals surface area (Å²) in [6.07, 6.45) is 4.12. The van der Waals surface area contributed by atoms with Crippen LogP contribution in [0.4, 0.5) is 0 Å². The summed E-state index contributed by atoms with van der Waals surface area (Å²) >= 11 is 0. The number of benzene rings is 1. The summed E-state index contributed by atoms with van der Waals surface area (Å²) < 4.78 is 22.0. The van der Waals surface area contributed by atoms with Gasteiger partial charge in [-0.05, 0) is 37.8 Å². The Morgan fingerprint density at radius 2 is 1.81 bits per heavy atom. The molecule has 6 heteroatoms. The number of hydrogen-bond acceptors (Lipinski definition) is 5. The molecule has 2 atom stereocenters. The summed E-state index contributed by atoms with van der Waals surface area (Å²) in [6, 6.07) is 7.56. The highest BCUT2D eigenvalue weighted by atomic mass is 32.2. The Balaban J connectivity index is 2.07. The van der Waals surface area contributed by atoms with Crippen molar-refractivity contribution < 1.29 is 23.3 Å². The zero-order chi connectivity index (χ0) is 19.3. The van der Waals surface area contributed by atoms with Gasteiger partial charge >= 0.3 is 11.9 Å². The topological polar surface area (TPSA) is 69.7 Å². The lowest BCUT2D eigenvalue weighted by atomic mass is 9.85. The van der Waals surface area contributed by atoms with Crippen molar-refractivity contribution in [3.8, 4) is 0 Å². The van der Waals surface area contributed by atoms with Crippen LogP contribution in [0.15, 0.2) is 53.5 Å². The van der Waals surface area contributed by atoms with Gasteiger partial charge in [0.2, 0.25) is 0 Å². The molecule has 0 aliphatic heterocycles. The standard InChI is InChI=1S/C20H24O5S/c1-14-7-9-17(10-8-14)26(23)11-5-6-16-13-20(12-15(16)2,18(21)24-3)19(22)25-4/h5-10,16H,2,11-13H2,1,3-4H3/b6-5+. The summed E-state index contributed by atoms with van der Waals surface area (Å²) in [5, 5.41) is 0. The van der Waals surface area contributed by atoms with Crippen LogP contribution in [-0.4, -0.2) is 36.1 Å². The quantitative estimate of drug-likeness (QED) is 0.434. The average molecular weight is 376 g/mol. The molecule has 0 radical (unpaired) electrons. The highest BCUT2D eigenvalue weighted by Gasteiger charge is 2.54. The summed E-state index contributed by atoms with van der Waals surface area (Å²) in [7, 11) is 1.36. The van der Waals surface area contributed by atoms with Crippen LogP contribution in [-0.2, 0) is 29.9 Å². The molecule has 5 nitrogen and oxygen atoms in total. The lowest BCUT2D eigenvalue weighted by Crippen LogP contribution is -2.39. The zero-order valence-corrected chi connectivity index (χ0v) is 16.1. The molecule has 1 aromatic carbocycles. The molecule has 1 aromatic rings. The van der Waals surface area contributed by atoms with E-state index < -0.39 is 28.2 Å². The van der Waals surface area contributed by atoms with E-state index in [-0.39, 0.29) is 18.8 Å². The summed E-state index contributed by atoms with van der Waals surface area (Å²) in [5.74, 6) is -1.02. The molecule has 0 spiro atoms. The maximum absolute atomic E-state index is 12.3. The third-order valence-electron chi connectivity index (χ3n) is 4.67. The maximum Gasteiger partial charge on any atom is 0.323 e. The Hall–Kier alpha value is -2.21.